The van der Waals surface area contributed by atoms with E-state index in [0.29, 0.717) is 12.5 Å². The van der Waals surface area contributed by atoms with E-state index in [1.165, 1.54) is 19.3 Å². The highest BCUT2D eigenvalue weighted by atomic mass is 16.5. The van der Waals surface area contributed by atoms with Crippen LogP contribution in [0.4, 0.5) is 0 Å². The van der Waals surface area contributed by atoms with Crippen molar-refractivity contribution >= 4 is 11.9 Å². The topological polar surface area (TPSA) is 63.6 Å². The van der Waals surface area contributed by atoms with Gasteiger partial charge in [-0.15, -0.1) is 0 Å². The summed E-state index contributed by atoms with van der Waals surface area (Å²) in [5.41, 5.74) is 0.0170. The molecule has 0 saturated heterocycles. The Morgan fingerprint density at radius 1 is 1.25 bits per heavy atom. The Bertz CT molecular complexity index is 277. The number of carboxylic acid groups (broad SMARTS) is 1. The highest BCUT2D eigenvalue weighted by Crippen LogP contribution is 2.23. The molecule has 1 saturated carbocycles. The maximum Gasteiger partial charge on any atom is 0.333 e. The molecule has 0 unspecified atom stereocenters. The molecular formula is C12H18O4. The molecule has 16 heavy (non-hydrogen) atoms. The van der Waals surface area contributed by atoms with Gasteiger partial charge in [0.25, 0.3) is 0 Å². The van der Waals surface area contributed by atoms with Crippen LogP contribution in [0, 0.1) is 5.92 Å². The first-order chi connectivity index (χ1) is 7.59. The fourth-order valence-corrected chi connectivity index (χ4v) is 1.90. The molecule has 1 aliphatic carbocycles. The number of hydrogen-bond donors (Lipinski definition) is 1. The van der Waals surface area contributed by atoms with Gasteiger partial charge in [0.05, 0.1) is 13.0 Å². The molecule has 90 valence electrons. The third-order valence-electron chi connectivity index (χ3n) is 2.83. The van der Waals surface area contributed by atoms with Gasteiger partial charge >= 0.3 is 11.9 Å². The summed E-state index contributed by atoms with van der Waals surface area (Å²) in [7, 11) is 0. The van der Waals surface area contributed by atoms with Gasteiger partial charge in [-0.2, -0.15) is 0 Å². The molecule has 0 atom stereocenters. The molecule has 4 heteroatoms. The van der Waals surface area contributed by atoms with E-state index in [1.54, 1.807) is 0 Å². The Hall–Kier alpha value is -1.32. The molecule has 0 aromatic carbocycles. The standard InChI is InChI=1S/C12H18O4/c1-9(7-11(13)14)12(15)16-8-10-5-3-2-4-6-10/h10H,1-8H2,(H,13,14). The average molecular weight is 226 g/mol. The number of carboxylic acids is 1. The van der Waals surface area contributed by atoms with Crippen LogP contribution >= 0.6 is 0 Å². The quantitative estimate of drug-likeness (QED) is 0.576. The van der Waals surface area contributed by atoms with Gasteiger partial charge in [-0.25, -0.2) is 4.79 Å². The molecule has 0 spiro atoms. The SMILES string of the molecule is C=C(CC(=O)O)C(=O)OCC1CCCCC1. The summed E-state index contributed by atoms with van der Waals surface area (Å²) in [5, 5.41) is 8.48. The van der Waals surface area contributed by atoms with E-state index in [0.717, 1.165) is 12.8 Å². The molecule has 1 fully saturated rings. The molecule has 1 aliphatic rings. The van der Waals surface area contributed by atoms with Crippen LogP contribution in [-0.4, -0.2) is 23.7 Å². The lowest BCUT2D eigenvalue weighted by Gasteiger charge is -2.21. The second kappa shape index (κ2) is 6.30. The molecule has 0 aromatic rings. The molecule has 0 amide bonds. The zero-order valence-corrected chi connectivity index (χ0v) is 9.41. The highest BCUT2D eigenvalue weighted by molar-refractivity contribution is 5.92. The molecule has 0 bridgehead atoms. The predicted octanol–water partition coefficient (Wildman–Crippen LogP) is 2.14. The first-order valence-corrected chi connectivity index (χ1v) is 5.66. The Morgan fingerprint density at radius 2 is 1.88 bits per heavy atom. The van der Waals surface area contributed by atoms with E-state index in [9.17, 15) is 9.59 Å². The number of rotatable bonds is 5. The molecule has 0 radical (unpaired) electrons. The van der Waals surface area contributed by atoms with Crippen molar-refractivity contribution in [2.75, 3.05) is 6.61 Å². The highest BCUT2D eigenvalue weighted by Gasteiger charge is 2.17. The predicted molar refractivity (Wildman–Crippen MR) is 58.9 cm³/mol. The summed E-state index contributed by atoms with van der Waals surface area (Å²) in [6.45, 7) is 3.80. The zero-order chi connectivity index (χ0) is 12.0. The maximum absolute atomic E-state index is 11.3. The van der Waals surface area contributed by atoms with Crippen LogP contribution in [0.2, 0.25) is 0 Å². The monoisotopic (exact) mass is 226 g/mol. The van der Waals surface area contributed by atoms with E-state index in [4.69, 9.17) is 9.84 Å². The minimum absolute atomic E-state index is 0.0170. The molecule has 0 aromatic heterocycles. The number of hydrogen-bond acceptors (Lipinski definition) is 3. The van der Waals surface area contributed by atoms with Crippen LogP contribution in [-0.2, 0) is 14.3 Å². The van der Waals surface area contributed by atoms with E-state index < -0.39 is 11.9 Å². The summed E-state index contributed by atoms with van der Waals surface area (Å²) in [4.78, 5) is 21.7. The van der Waals surface area contributed by atoms with Crippen LogP contribution in [0.25, 0.3) is 0 Å². The van der Waals surface area contributed by atoms with Gasteiger partial charge in [0.1, 0.15) is 0 Å². The van der Waals surface area contributed by atoms with E-state index >= 15 is 0 Å². The first-order valence-electron chi connectivity index (χ1n) is 5.66. The zero-order valence-electron chi connectivity index (χ0n) is 9.41. The molecule has 1 N–H and O–H groups in total. The smallest absolute Gasteiger partial charge is 0.333 e. The molecule has 1 rings (SSSR count). The van der Waals surface area contributed by atoms with Gasteiger partial charge in [0.15, 0.2) is 0 Å². The van der Waals surface area contributed by atoms with Crippen molar-refractivity contribution in [3.05, 3.63) is 12.2 Å². The second-order valence-corrected chi connectivity index (χ2v) is 4.28. The van der Waals surface area contributed by atoms with Crippen molar-refractivity contribution in [2.45, 2.75) is 38.5 Å². The third kappa shape index (κ3) is 4.47. The van der Waals surface area contributed by atoms with Crippen LogP contribution in [0.15, 0.2) is 12.2 Å². The van der Waals surface area contributed by atoms with Crippen LogP contribution in [0.1, 0.15) is 38.5 Å². The van der Waals surface area contributed by atoms with E-state index in [1.807, 2.05) is 0 Å². The average Bonchev–Trinajstić information content (AvgIpc) is 2.26. The third-order valence-corrected chi connectivity index (χ3v) is 2.83. The summed E-state index contributed by atoms with van der Waals surface area (Å²) >= 11 is 0. The first kappa shape index (κ1) is 12.7. The van der Waals surface area contributed by atoms with Crippen molar-refractivity contribution in [3.8, 4) is 0 Å². The Morgan fingerprint density at radius 3 is 2.44 bits per heavy atom. The van der Waals surface area contributed by atoms with Crippen molar-refractivity contribution in [1.82, 2.24) is 0 Å². The molecular weight excluding hydrogens is 208 g/mol. The summed E-state index contributed by atoms with van der Waals surface area (Å²) in [6, 6.07) is 0. The van der Waals surface area contributed by atoms with Crippen molar-refractivity contribution in [3.63, 3.8) is 0 Å². The summed E-state index contributed by atoms with van der Waals surface area (Å²) < 4.78 is 5.04. The molecule has 0 heterocycles. The second-order valence-electron chi connectivity index (χ2n) is 4.28. The van der Waals surface area contributed by atoms with Gasteiger partial charge < -0.3 is 9.84 Å². The minimum atomic E-state index is -1.06. The number of esters is 1. The van der Waals surface area contributed by atoms with Crippen molar-refractivity contribution in [1.29, 1.82) is 0 Å². The fourth-order valence-electron chi connectivity index (χ4n) is 1.90. The van der Waals surface area contributed by atoms with Gasteiger partial charge in [-0.3, -0.25) is 4.79 Å². The normalized spacial score (nSPS) is 16.8. The van der Waals surface area contributed by atoms with Gasteiger partial charge in [-0.05, 0) is 18.8 Å². The number of carbonyl (C=O) groups excluding carboxylic acids is 1. The summed E-state index contributed by atoms with van der Waals surface area (Å²) in [6.07, 6.45) is 5.49. The maximum atomic E-state index is 11.3. The largest absolute Gasteiger partial charge is 0.481 e. The van der Waals surface area contributed by atoms with Gasteiger partial charge in [0.2, 0.25) is 0 Å². The lowest BCUT2D eigenvalue weighted by Crippen LogP contribution is -2.18. The lowest BCUT2D eigenvalue weighted by atomic mass is 9.90. The number of ether oxygens (including phenoxy) is 1. The Kier molecular flexibility index (Phi) is 5.02. The Balaban J connectivity index is 2.23. The molecule has 4 nitrogen and oxygen atoms in total. The van der Waals surface area contributed by atoms with Crippen LogP contribution in [0.3, 0.4) is 0 Å². The fraction of sp³-hybridized carbons (Fsp3) is 0.667. The van der Waals surface area contributed by atoms with Crippen LogP contribution < -0.4 is 0 Å². The van der Waals surface area contributed by atoms with Crippen LogP contribution in [0.5, 0.6) is 0 Å². The lowest BCUT2D eigenvalue weighted by molar-refractivity contribution is -0.144. The Labute approximate surface area is 95.3 Å². The van der Waals surface area contributed by atoms with E-state index in [-0.39, 0.29) is 12.0 Å². The van der Waals surface area contributed by atoms with Gasteiger partial charge in [-0.1, -0.05) is 25.8 Å². The van der Waals surface area contributed by atoms with Gasteiger partial charge in [0, 0.05) is 5.57 Å². The number of aliphatic carboxylic acids is 1. The van der Waals surface area contributed by atoms with Crippen molar-refractivity contribution in [2.24, 2.45) is 5.92 Å². The molecule has 0 aliphatic heterocycles. The van der Waals surface area contributed by atoms with Crippen molar-refractivity contribution < 1.29 is 19.4 Å². The minimum Gasteiger partial charge on any atom is -0.481 e. The summed E-state index contributed by atoms with van der Waals surface area (Å²) in [5.74, 6) is -1.19. The van der Waals surface area contributed by atoms with E-state index in [2.05, 4.69) is 6.58 Å². The number of carbonyl (C=O) groups is 2.